The molecule has 0 radical (unpaired) electrons. The molecule has 124 valence electrons. The Morgan fingerprint density at radius 3 is 2.73 bits per heavy atom. The third-order valence-electron chi connectivity index (χ3n) is 4.64. The van der Waals surface area contributed by atoms with Crippen LogP contribution in [0.15, 0.2) is 18.2 Å². The molecule has 0 saturated carbocycles. The number of carbonyl (C=O) groups excluding carboxylic acids is 1. The first-order valence-electron chi connectivity index (χ1n) is 7.47. The highest BCUT2D eigenvalue weighted by Crippen LogP contribution is 2.19. The normalized spacial score (nSPS) is 23.9. The van der Waals surface area contributed by atoms with E-state index in [0.717, 1.165) is 38.0 Å². The number of piperidine rings is 1. The van der Waals surface area contributed by atoms with E-state index in [-0.39, 0.29) is 30.7 Å². The molecule has 1 aromatic carbocycles. The van der Waals surface area contributed by atoms with E-state index in [1.807, 2.05) is 12.1 Å². The molecule has 4 nitrogen and oxygen atoms in total. The Morgan fingerprint density at radius 1 is 1.27 bits per heavy atom. The van der Waals surface area contributed by atoms with Crippen LogP contribution < -0.4 is 10.6 Å². The molecule has 3 rings (SSSR count). The van der Waals surface area contributed by atoms with Crippen LogP contribution in [-0.4, -0.2) is 36.5 Å². The van der Waals surface area contributed by atoms with Crippen molar-refractivity contribution in [2.75, 3.05) is 13.6 Å². The van der Waals surface area contributed by atoms with Gasteiger partial charge < -0.3 is 15.5 Å². The molecule has 2 heterocycles. The van der Waals surface area contributed by atoms with Crippen LogP contribution in [0.4, 0.5) is 0 Å². The molecule has 2 aliphatic rings. The molecular weight excluding hydrogens is 321 g/mol. The van der Waals surface area contributed by atoms with Crippen molar-refractivity contribution in [2.24, 2.45) is 0 Å². The third kappa shape index (κ3) is 4.13. The standard InChI is InChI=1S/C16H23N3O.2ClH/c1-11-7-15(5-6-19(11)2)18-16(20)12-3-4-13-9-17-10-14(13)8-12;;/h3-4,8,11,15,17H,5-7,9-10H2,1-2H3,(H,18,20);2*1H. The van der Waals surface area contributed by atoms with E-state index < -0.39 is 0 Å². The number of halogens is 2. The van der Waals surface area contributed by atoms with Gasteiger partial charge in [0.05, 0.1) is 0 Å². The lowest BCUT2D eigenvalue weighted by Crippen LogP contribution is -2.47. The highest BCUT2D eigenvalue weighted by atomic mass is 35.5. The monoisotopic (exact) mass is 345 g/mol. The summed E-state index contributed by atoms with van der Waals surface area (Å²) < 4.78 is 0. The number of likely N-dealkylation sites (tertiary alicyclic amines) is 1. The van der Waals surface area contributed by atoms with Gasteiger partial charge in [0.25, 0.3) is 5.91 Å². The zero-order chi connectivity index (χ0) is 14.1. The van der Waals surface area contributed by atoms with E-state index >= 15 is 0 Å². The molecule has 1 fully saturated rings. The van der Waals surface area contributed by atoms with Gasteiger partial charge >= 0.3 is 0 Å². The fraction of sp³-hybridized carbons (Fsp3) is 0.562. The van der Waals surface area contributed by atoms with Gasteiger partial charge in [-0.3, -0.25) is 4.79 Å². The quantitative estimate of drug-likeness (QED) is 0.864. The van der Waals surface area contributed by atoms with Crippen molar-refractivity contribution >= 4 is 30.7 Å². The molecule has 0 aromatic heterocycles. The van der Waals surface area contributed by atoms with Crippen molar-refractivity contribution in [3.05, 3.63) is 34.9 Å². The van der Waals surface area contributed by atoms with Gasteiger partial charge in [-0.1, -0.05) is 6.07 Å². The van der Waals surface area contributed by atoms with Crippen LogP contribution in [0.3, 0.4) is 0 Å². The Balaban J connectivity index is 0.00000121. The number of amides is 1. The van der Waals surface area contributed by atoms with E-state index in [0.29, 0.717) is 12.1 Å². The molecule has 22 heavy (non-hydrogen) atoms. The third-order valence-corrected chi connectivity index (χ3v) is 4.64. The number of hydrogen-bond acceptors (Lipinski definition) is 3. The molecule has 0 aliphatic carbocycles. The minimum Gasteiger partial charge on any atom is -0.349 e. The molecule has 1 saturated heterocycles. The van der Waals surface area contributed by atoms with Gasteiger partial charge in [0.15, 0.2) is 0 Å². The van der Waals surface area contributed by atoms with Crippen molar-refractivity contribution in [3.8, 4) is 0 Å². The molecule has 6 heteroatoms. The maximum absolute atomic E-state index is 12.4. The number of rotatable bonds is 2. The summed E-state index contributed by atoms with van der Waals surface area (Å²) in [5, 5.41) is 6.50. The molecule has 2 N–H and O–H groups in total. The smallest absolute Gasteiger partial charge is 0.251 e. The van der Waals surface area contributed by atoms with Gasteiger partial charge in [0.1, 0.15) is 0 Å². The maximum Gasteiger partial charge on any atom is 0.251 e. The summed E-state index contributed by atoms with van der Waals surface area (Å²) >= 11 is 0. The fourth-order valence-corrected chi connectivity index (χ4v) is 3.13. The van der Waals surface area contributed by atoms with Gasteiger partial charge in [-0.05, 0) is 50.1 Å². The van der Waals surface area contributed by atoms with Crippen LogP contribution in [0.5, 0.6) is 0 Å². The lowest BCUT2D eigenvalue weighted by molar-refractivity contribution is 0.0896. The lowest BCUT2D eigenvalue weighted by Gasteiger charge is -2.35. The first-order chi connectivity index (χ1) is 9.63. The molecule has 1 amide bonds. The first-order valence-corrected chi connectivity index (χ1v) is 7.47. The van der Waals surface area contributed by atoms with Crippen molar-refractivity contribution in [1.82, 2.24) is 15.5 Å². The van der Waals surface area contributed by atoms with Crippen LogP contribution in [0.1, 0.15) is 41.3 Å². The second-order valence-corrected chi connectivity index (χ2v) is 6.11. The van der Waals surface area contributed by atoms with Crippen molar-refractivity contribution in [2.45, 2.75) is 44.9 Å². The van der Waals surface area contributed by atoms with E-state index in [9.17, 15) is 4.79 Å². The minimum absolute atomic E-state index is 0. The highest BCUT2D eigenvalue weighted by Gasteiger charge is 2.24. The van der Waals surface area contributed by atoms with Gasteiger partial charge in [-0.2, -0.15) is 0 Å². The molecule has 1 aromatic rings. The summed E-state index contributed by atoms with van der Waals surface area (Å²) in [5.41, 5.74) is 3.36. The molecule has 2 aliphatic heterocycles. The van der Waals surface area contributed by atoms with Crippen LogP contribution in [0, 0.1) is 0 Å². The fourth-order valence-electron chi connectivity index (χ4n) is 3.13. The average molecular weight is 346 g/mol. The molecule has 0 bridgehead atoms. The summed E-state index contributed by atoms with van der Waals surface area (Å²) in [6.07, 6.45) is 2.08. The van der Waals surface area contributed by atoms with Crippen molar-refractivity contribution in [1.29, 1.82) is 0 Å². The number of nitrogens with zero attached hydrogens (tertiary/aromatic N) is 1. The van der Waals surface area contributed by atoms with Crippen molar-refractivity contribution in [3.63, 3.8) is 0 Å². The molecule has 0 spiro atoms. The van der Waals surface area contributed by atoms with Gasteiger partial charge in [0.2, 0.25) is 0 Å². The summed E-state index contributed by atoms with van der Waals surface area (Å²) in [6.45, 7) is 5.07. The number of benzene rings is 1. The van der Waals surface area contributed by atoms with Crippen LogP contribution in [-0.2, 0) is 13.1 Å². The SMILES string of the molecule is CC1CC(NC(=O)c2ccc3c(c2)CNC3)CCN1C.Cl.Cl. The highest BCUT2D eigenvalue weighted by molar-refractivity contribution is 5.94. The Hall–Kier alpha value is -0.810. The van der Waals surface area contributed by atoms with E-state index in [1.54, 1.807) is 0 Å². The first kappa shape index (κ1) is 19.2. The predicted octanol–water partition coefficient (Wildman–Crippen LogP) is 2.35. The van der Waals surface area contributed by atoms with Gasteiger partial charge in [-0.25, -0.2) is 0 Å². The molecular formula is C16H25Cl2N3O. The maximum atomic E-state index is 12.4. The topological polar surface area (TPSA) is 44.4 Å². The van der Waals surface area contributed by atoms with Crippen LogP contribution >= 0.6 is 24.8 Å². The number of carbonyl (C=O) groups is 1. The zero-order valence-corrected chi connectivity index (χ0v) is 14.7. The predicted molar refractivity (Wildman–Crippen MR) is 94.1 cm³/mol. The second kappa shape index (κ2) is 8.16. The number of hydrogen-bond donors (Lipinski definition) is 2. The summed E-state index contributed by atoms with van der Waals surface area (Å²) in [6, 6.07) is 6.89. The number of fused-ring (bicyclic) bond motifs is 1. The van der Waals surface area contributed by atoms with E-state index in [4.69, 9.17) is 0 Å². The van der Waals surface area contributed by atoms with Crippen LogP contribution in [0.2, 0.25) is 0 Å². The van der Waals surface area contributed by atoms with Crippen LogP contribution in [0.25, 0.3) is 0 Å². The Labute approximate surface area is 144 Å². The lowest BCUT2D eigenvalue weighted by atomic mass is 9.98. The van der Waals surface area contributed by atoms with Gasteiger partial charge in [0, 0.05) is 37.3 Å². The average Bonchev–Trinajstić information content (AvgIpc) is 2.90. The Morgan fingerprint density at radius 2 is 2.00 bits per heavy atom. The van der Waals surface area contributed by atoms with Gasteiger partial charge in [-0.15, -0.1) is 24.8 Å². The minimum atomic E-state index is 0. The Kier molecular flexibility index (Phi) is 7.13. The summed E-state index contributed by atoms with van der Waals surface area (Å²) in [7, 11) is 2.15. The second-order valence-electron chi connectivity index (χ2n) is 6.11. The largest absolute Gasteiger partial charge is 0.349 e. The van der Waals surface area contributed by atoms with E-state index in [2.05, 4.69) is 35.6 Å². The summed E-state index contributed by atoms with van der Waals surface area (Å²) in [5.74, 6) is 0.0708. The number of nitrogens with one attached hydrogen (secondary N) is 2. The van der Waals surface area contributed by atoms with Crippen molar-refractivity contribution < 1.29 is 4.79 Å². The zero-order valence-electron chi connectivity index (χ0n) is 13.1. The summed E-state index contributed by atoms with van der Waals surface area (Å²) in [4.78, 5) is 14.7. The Bertz CT molecular complexity index is 524. The van der Waals surface area contributed by atoms with E-state index in [1.165, 1.54) is 11.1 Å². The molecule has 2 unspecified atom stereocenters. The molecule has 2 atom stereocenters.